The summed E-state index contributed by atoms with van der Waals surface area (Å²) in [6.07, 6.45) is -2.43. The number of hydrogen-bond acceptors (Lipinski definition) is 3. The van der Waals surface area contributed by atoms with Crippen molar-refractivity contribution < 1.29 is 13.2 Å². The van der Waals surface area contributed by atoms with Crippen molar-refractivity contribution >= 4 is 11.5 Å². The van der Waals surface area contributed by atoms with Gasteiger partial charge >= 0.3 is 6.18 Å². The van der Waals surface area contributed by atoms with Gasteiger partial charge in [0.2, 0.25) is 0 Å². The minimum absolute atomic E-state index is 0.252. The molecule has 0 saturated heterocycles. The van der Waals surface area contributed by atoms with E-state index < -0.39 is 12.7 Å². The van der Waals surface area contributed by atoms with Gasteiger partial charge < -0.3 is 14.6 Å². The lowest BCUT2D eigenvalue weighted by Crippen LogP contribution is -2.35. The number of aromatic nitrogens is 2. The molecule has 0 unspecified atom stereocenters. The van der Waals surface area contributed by atoms with Crippen LogP contribution in [0.2, 0.25) is 0 Å². The number of hydrogen-bond donors (Lipinski definition) is 1. The van der Waals surface area contributed by atoms with Crippen LogP contribution >= 0.6 is 0 Å². The van der Waals surface area contributed by atoms with Gasteiger partial charge in [0.1, 0.15) is 12.2 Å². The molecule has 0 aliphatic heterocycles. The van der Waals surface area contributed by atoms with Gasteiger partial charge in [-0.3, -0.25) is 0 Å². The molecule has 1 N–H and O–H groups in total. The highest BCUT2D eigenvalue weighted by molar-refractivity contribution is 5.56. The second-order valence-corrected chi connectivity index (χ2v) is 4.72. The summed E-state index contributed by atoms with van der Waals surface area (Å²) in [6, 6.07) is 5.46. The van der Waals surface area contributed by atoms with E-state index in [-0.39, 0.29) is 6.54 Å². The maximum atomic E-state index is 12.7. The molecule has 2 aromatic heterocycles. The molecular formula is C14H19F3N4. The Morgan fingerprint density at radius 2 is 2.05 bits per heavy atom. The van der Waals surface area contributed by atoms with Gasteiger partial charge in [-0.15, -0.1) is 0 Å². The highest BCUT2D eigenvalue weighted by Crippen LogP contribution is 2.25. The fourth-order valence-corrected chi connectivity index (χ4v) is 2.25. The summed E-state index contributed by atoms with van der Waals surface area (Å²) in [6.45, 7) is 4.13. The molecule has 0 saturated carbocycles. The second-order valence-electron chi connectivity index (χ2n) is 4.72. The quantitative estimate of drug-likeness (QED) is 0.890. The standard InChI is InChI=1S/C14H19F3N4/c1-3-18-9-11-13(20(4-2)10-14(15,16)17)19-12-7-5-6-8-21(11)12/h5-8,18H,3-4,9-10H2,1-2H3. The highest BCUT2D eigenvalue weighted by Gasteiger charge is 2.32. The Morgan fingerprint density at radius 1 is 1.29 bits per heavy atom. The Bertz CT molecular complexity index is 591. The zero-order valence-electron chi connectivity index (χ0n) is 12.1. The summed E-state index contributed by atoms with van der Waals surface area (Å²) in [7, 11) is 0. The molecule has 4 nitrogen and oxygen atoms in total. The first-order valence-electron chi connectivity index (χ1n) is 6.94. The minimum atomic E-state index is -4.25. The van der Waals surface area contributed by atoms with E-state index in [4.69, 9.17) is 0 Å². The fourth-order valence-electron chi connectivity index (χ4n) is 2.25. The molecule has 0 radical (unpaired) electrons. The first-order valence-corrected chi connectivity index (χ1v) is 6.94. The predicted octanol–water partition coefficient (Wildman–Crippen LogP) is 2.83. The summed E-state index contributed by atoms with van der Waals surface area (Å²) in [4.78, 5) is 5.63. The van der Waals surface area contributed by atoms with E-state index in [1.807, 2.05) is 29.7 Å². The highest BCUT2D eigenvalue weighted by atomic mass is 19.4. The summed E-state index contributed by atoms with van der Waals surface area (Å²) in [5.41, 5.74) is 1.40. The zero-order valence-corrected chi connectivity index (χ0v) is 12.1. The van der Waals surface area contributed by atoms with Gasteiger partial charge in [0, 0.05) is 19.3 Å². The SMILES string of the molecule is CCNCc1c(N(CC)CC(F)(F)F)nc2ccccn12. The van der Waals surface area contributed by atoms with E-state index in [1.165, 1.54) is 4.90 Å². The largest absolute Gasteiger partial charge is 0.405 e. The lowest BCUT2D eigenvalue weighted by Gasteiger charge is -2.23. The molecule has 2 heterocycles. The van der Waals surface area contributed by atoms with E-state index in [0.717, 1.165) is 12.2 Å². The molecule has 0 amide bonds. The number of anilines is 1. The smallest absolute Gasteiger partial charge is 0.346 e. The van der Waals surface area contributed by atoms with Crippen LogP contribution in [0, 0.1) is 0 Å². The average Bonchev–Trinajstić information content (AvgIpc) is 2.80. The second kappa shape index (κ2) is 6.34. The summed E-state index contributed by atoms with van der Waals surface area (Å²) in [5, 5.41) is 3.16. The van der Waals surface area contributed by atoms with E-state index in [1.54, 1.807) is 13.0 Å². The van der Waals surface area contributed by atoms with Gasteiger partial charge in [-0.05, 0) is 25.6 Å². The number of pyridine rings is 1. The van der Waals surface area contributed by atoms with Crippen molar-refractivity contribution in [2.75, 3.05) is 24.5 Å². The van der Waals surface area contributed by atoms with Crippen molar-refractivity contribution in [3.05, 3.63) is 30.1 Å². The molecule has 0 aromatic carbocycles. The van der Waals surface area contributed by atoms with Gasteiger partial charge in [0.05, 0.1) is 5.69 Å². The maximum Gasteiger partial charge on any atom is 0.405 e. The topological polar surface area (TPSA) is 32.6 Å². The molecule has 0 atom stereocenters. The Balaban J connectivity index is 2.44. The number of imidazole rings is 1. The number of halogens is 3. The van der Waals surface area contributed by atoms with Crippen molar-refractivity contribution in [2.24, 2.45) is 0 Å². The number of alkyl halides is 3. The van der Waals surface area contributed by atoms with Crippen molar-refractivity contribution in [3.8, 4) is 0 Å². The van der Waals surface area contributed by atoms with Gasteiger partial charge in [0.25, 0.3) is 0 Å². The third kappa shape index (κ3) is 3.66. The van der Waals surface area contributed by atoms with Gasteiger partial charge in [0.15, 0.2) is 5.82 Å². The molecule has 0 aliphatic carbocycles. The summed E-state index contributed by atoms with van der Waals surface area (Å²) in [5.74, 6) is 0.391. The predicted molar refractivity (Wildman–Crippen MR) is 76.5 cm³/mol. The maximum absolute atomic E-state index is 12.7. The number of fused-ring (bicyclic) bond motifs is 1. The summed E-state index contributed by atoms with van der Waals surface area (Å²) >= 11 is 0. The molecule has 2 aromatic rings. The van der Waals surface area contributed by atoms with E-state index >= 15 is 0 Å². The van der Waals surface area contributed by atoms with Crippen molar-refractivity contribution in [3.63, 3.8) is 0 Å². The van der Waals surface area contributed by atoms with Crippen LogP contribution < -0.4 is 10.2 Å². The van der Waals surface area contributed by atoms with Crippen LogP contribution in [0.15, 0.2) is 24.4 Å². The first kappa shape index (κ1) is 15.6. The van der Waals surface area contributed by atoms with Crippen molar-refractivity contribution in [1.82, 2.24) is 14.7 Å². The Labute approximate surface area is 121 Å². The fraction of sp³-hybridized carbons (Fsp3) is 0.500. The normalized spacial score (nSPS) is 12.0. The van der Waals surface area contributed by atoms with Crippen LogP contribution in [0.5, 0.6) is 0 Å². The lowest BCUT2D eigenvalue weighted by molar-refractivity contribution is -0.119. The number of nitrogens with zero attached hydrogens (tertiary/aromatic N) is 3. The van der Waals surface area contributed by atoms with Crippen molar-refractivity contribution in [1.29, 1.82) is 0 Å². The Hall–Kier alpha value is -1.76. The third-order valence-electron chi connectivity index (χ3n) is 3.20. The molecular weight excluding hydrogens is 281 g/mol. The molecule has 0 bridgehead atoms. The monoisotopic (exact) mass is 300 g/mol. The molecule has 2 rings (SSSR count). The van der Waals surface area contributed by atoms with E-state index in [0.29, 0.717) is 18.0 Å². The number of nitrogens with one attached hydrogen (secondary N) is 1. The number of rotatable bonds is 6. The van der Waals surface area contributed by atoms with Gasteiger partial charge in [-0.25, -0.2) is 4.98 Å². The third-order valence-corrected chi connectivity index (χ3v) is 3.20. The molecule has 0 aliphatic rings. The van der Waals surface area contributed by atoms with Gasteiger partial charge in [-0.2, -0.15) is 13.2 Å². The van der Waals surface area contributed by atoms with Crippen LogP contribution in [-0.4, -0.2) is 35.2 Å². The molecule has 0 spiro atoms. The van der Waals surface area contributed by atoms with Crippen LogP contribution in [0.25, 0.3) is 5.65 Å². The summed E-state index contributed by atoms with van der Waals surface area (Å²) < 4.78 is 40.0. The van der Waals surface area contributed by atoms with Crippen LogP contribution in [0.4, 0.5) is 19.0 Å². The van der Waals surface area contributed by atoms with E-state index in [9.17, 15) is 13.2 Å². The van der Waals surface area contributed by atoms with Crippen LogP contribution in [0.1, 0.15) is 19.5 Å². The van der Waals surface area contributed by atoms with Gasteiger partial charge in [-0.1, -0.05) is 13.0 Å². The molecule has 0 fully saturated rings. The minimum Gasteiger partial charge on any atom is -0.346 e. The Morgan fingerprint density at radius 3 is 2.67 bits per heavy atom. The van der Waals surface area contributed by atoms with Crippen molar-refractivity contribution in [2.45, 2.75) is 26.6 Å². The Kier molecular flexibility index (Phi) is 4.72. The van der Waals surface area contributed by atoms with Crippen LogP contribution in [0.3, 0.4) is 0 Å². The first-order chi connectivity index (χ1) is 9.96. The zero-order chi connectivity index (χ0) is 15.5. The molecule has 21 heavy (non-hydrogen) atoms. The van der Waals surface area contributed by atoms with Crippen LogP contribution in [-0.2, 0) is 6.54 Å². The average molecular weight is 300 g/mol. The molecule has 116 valence electrons. The van der Waals surface area contributed by atoms with E-state index in [2.05, 4.69) is 10.3 Å². The lowest BCUT2D eigenvalue weighted by atomic mass is 10.3. The molecule has 7 heteroatoms.